The number of carbonyl (C=O) groups is 2. The zero-order valence-corrected chi connectivity index (χ0v) is 25.5. The van der Waals surface area contributed by atoms with Crippen LogP contribution in [-0.2, 0) is 24.2 Å². The Bertz CT molecular complexity index is 1750. The number of ether oxygens (including phenoxy) is 1. The first-order valence-corrected chi connectivity index (χ1v) is 15.5. The Kier molecular flexibility index (Phi) is 7.85. The molecule has 1 saturated heterocycles. The highest BCUT2D eigenvalue weighted by Crippen LogP contribution is 2.39. The highest BCUT2D eigenvalue weighted by Gasteiger charge is 2.31. The van der Waals surface area contributed by atoms with E-state index in [-0.39, 0.29) is 23.3 Å². The van der Waals surface area contributed by atoms with Crippen LogP contribution in [-0.4, -0.2) is 64.1 Å². The molecule has 0 atom stereocenters. The predicted octanol–water partition coefficient (Wildman–Crippen LogP) is 4.48. The molecule has 0 unspecified atom stereocenters. The second-order valence-corrected chi connectivity index (χ2v) is 12.0. The Balaban J connectivity index is 1.06. The van der Waals surface area contributed by atoms with Crippen LogP contribution >= 0.6 is 0 Å². The van der Waals surface area contributed by atoms with Gasteiger partial charge >= 0.3 is 0 Å². The minimum atomic E-state index is -0.405. The van der Waals surface area contributed by atoms with Crippen LogP contribution in [0.25, 0.3) is 11.1 Å². The average Bonchev–Trinajstić information content (AvgIpc) is 3.80. The van der Waals surface area contributed by atoms with E-state index in [1.54, 1.807) is 13.2 Å². The summed E-state index contributed by atoms with van der Waals surface area (Å²) in [7, 11) is 3.14. The molecule has 1 saturated carbocycles. The smallest absolute Gasteiger partial charge is 0.273 e. The number of pyridine rings is 2. The van der Waals surface area contributed by atoms with Gasteiger partial charge in [0.25, 0.3) is 5.91 Å². The third kappa shape index (κ3) is 6.08. The van der Waals surface area contributed by atoms with E-state index in [0.717, 1.165) is 67.8 Å². The normalized spacial score (nSPS) is 16.0. The number of nitrogens with zero attached hydrogens (tertiary/aromatic N) is 5. The number of hydrogen-bond donors (Lipinski definition) is 3. The molecule has 2 amide bonds. The zero-order chi connectivity index (χ0) is 30.9. The monoisotopic (exact) mass is 604 g/mol. The topological polar surface area (TPSA) is 134 Å². The number of fused-ring (bicyclic) bond motifs is 1. The molecule has 230 valence electrons. The molecule has 1 aliphatic heterocycles. The first-order valence-electron chi connectivity index (χ1n) is 15.5. The van der Waals surface area contributed by atoms with Crippen molar-refractivity contribution in [2.24, 2.45) is 5.92 Å². The molecule has 0 radical (unpaired) electrons. The number of methoxy groups -OCH3 is 1. The van der Waals surface area contributed by atoms with Gasteiger partial charge in [-0.25, -0.2) is 0 Å². The molecule has 2 aliphatic carbocycles. The molecule has 2 fully saturated rings. The molecule has 7 rings (SSSR count). The number of anilines is 3. The summed E-state index contributed by atoms with van der Waals surface area (Å²) in [5, 5.41) is 16.8. The molecule has 0 spiro atoms. The van der Waals surface area contributed by atoms with Crippen molar-refractivity contribution in [3.8, 4) is 16.9 Å². The van der Waals surface area contributed by atoms with E-state index in [1.165, 1.54) is 24.7 Å². The van der Waals surface area contributed by atoms with Gasteiger partial charge in [0.15, 0.2) is 11.5 Å². The van der Waals surface area contributed by atoms with E-state index in [2.05, 4.69) is 55.3 Å². The highest BCUT2D eigenvalue weighted by molar-refractivity contribution is 6.00. The first kappa shape index (κ1) is 28.8. The largest absolute Gasteiger partial charge is 0.494 e. The maximum atomic E-state index is 12.6. The third-order valence-electron chi connectivity index (χ3n) is 8.77. The van der Waals surface area contributed by atoms with Crippen LogP contribution in [0.5, 0.6) is 5.75 Å². The first-order chi connectivity index (χ1) is 22.0. The Labute approximate surface area is 261 Å². The number of hydrogen-bond acceptors (Lipinski definition) is 9. The van der Waals surface area contributed by atoms with Crippen LogP contribution in [0.3, 0.4) is 0 Å². The van der Waals surface area contributed by atoms with E-state index < -0.39 is 5.91 Å². The third-order valence-corrected chi connectivity index (χ3v) is 8.77. The van der Waals surface area contributed by atoms with Crippen LogP contribution < -0.4 is 20.7 Å². The van der Waals surface area contributed by atoms with Crippen LogP contribution in [0, 0.1) is 5.92 Å². The standard InChI is InChI=1S/C34H36N8O3/c1-35-34(44)31-29(15-30(40-41-31)39-33(43)21-9-10-21)38-28-8-4-6-25(32(28)45-2)22-12-14-26(36-16-22)23-17-42(18-23)19-24-13-11-20-5-3-7-27(20)37-24/h4,6,8,11-16,21,23H,3,5,7,9-10,17-19H2,1-2H3,(H,35,44)(H2,38,39,40,43). The van der Waals surface area contributed by atoms with Gasteiger partial charge in [-0.05, 0) is 55.9 Å². The van der Waals surface area contributed by atoms with E-state index in [4.69, 9.17) is 14.7 Å². The quantitative estimate of drug-likeness (QED) is 0.240. The molecule has 1 aromatic carbocycles. The predicted molar refractivity (Wildman–Crippen MR) is 171 cm³/mol. The number of rotatable bonds is 10. The molecular formula is C34H36N8O3. The number of aryl methyl sites for hydroxylation is 2. The lowest BCUT2D eigenvalue weighted by Gasteiger charge is -2.38. The summed E-state index contributed by atoms with van der Waals surface area (Å²) in [6, 6.07) is 16.0. The van der Waals surface area contributed by atoms with Crippen molar-refractivity contribution >= 4 is 29.0 Å². The molecule has 3 N–H and O–H groups in total. The maximum absolute atomic E-state index is 12.6. The minimum Gasteiger partial charge on any atom is -0.494 e. The lowest BCUT2D eigenvalue weighted by molar-refractivity contribution is -0.117. The van der Waals surface area contributed by atoms with Gasteiger partial charge in [-0.3, -0.25) is 24.5 Å². The number of carbonyl (C=O) groups excluding carboxylic acids is 2. The number of likely N-dealkylation sites (tertiary alicyclic amines) is 1. The molecule has 11 heteroatoms. The maximum Gasteiger partial charge on any atom is 0.273 e. The number of amides is 2. The molecule has 4 aromatic rings. The van der Waals surface area contributed by atoms with Gasteiger partial charge in [-0.2, -0.15) is 0 Å². The van der Waals surface area contributed by atoms with Crippen LogP contribution in [0.1, 0.15) is 58.3 Å². The Hall–Kier alpha value is -4.90. The van der Waals surface area contributed by atoms with Gasteiger partial charge in [-0.1, -0.05) is 24.3 Å². The van der Waals surface area contributed by atoms with Crippen molar-refractivity contribution in [1.29, 1.82) is 0 Å². The van der Waals surface area contributed by atoms with Gasteiger partial charge in [0.2, 0.25) is 5.91 Å². The fourth-order valence-electron chi connectivity index (χ4n) is 6.11. The Morgan fingerprint density at radius 3 is 2.64 bits per heavy atom. The molecule has 11 nitrogen and oxygen atoms in total. The second-order valence-electron chi connectivity index (χ2n) is 12.0. The van der Waals surface area contributed by atoms with Crippen molar-refractivity contribution in [1.82, 2.24) is 30.4 Å². The van der Waals surface area contributed by atoms with Gasteiger partial charge in [0.05, 0.1) is 24.2 Å². The number of benzene rings is 1. The van der Waals surface area contributed by atoms with Gasteiger partial charge < -0.3 is 20.7 Å². The van der Waals surface area contributed by atoms with Crippen molar-refractivity contribution in [3.63, 3.8) is 0 Å². The molecular weight excluding hydrogens is 568 g/mol. The minimum absolute atomic E-state index is 0.00826. The van der Waals surface area contributed by atoms with E-state index in [1.807, 2.05) is 24.4 Å². The summed E-state index contributed by atoms with van der Waals surface area (Å²) < 4.78 is 5.86. The summed E-state index contributed by atoms with van der Waals surface area (Å²) in [6.45, 7) is 2.80. The van der Waals surface area contributed by atoms with Crippen LogP contribution in [0.2, 0.25) is 0 Å². The van der Waals surface area contributed by atoms with Crippen LogP contribution in [0.15, 0.2) is 54.7 Å². The van der Waals surface area contributed by atoms with Crippen molar-refractivity contribution < 1.29 is 14.3 Å². The van der Waals surface area contributed by atoms with E-state index in [0.29, 0.717) is 23.0 Å². The summed E-state index contributed by atoms with van der Waals surface area (Å²) in [6.07, 6.45) is 7.10. The summed E-state index contributed by atoms with van der Waals surface area (Å²) >= 11 is 0. The number of para-hydroxylation sites is 1. The number of aromatic nitrogens is 4. The molecule has 45 heavy (non-hydrogen) atoms. The highest BCUT2D eigenvalue weighted by atomic mass is 16.5. The Morgan fingerprint density at radius 2 is 1.89 bits per heavy atom. The summed E-state index contributed by atoms with van der Waals surface area (Å²) in [5.74, 6) is 0.762. The van der Waals surface area contributed by atoms with E-state index in [9.17, 15) is 9.59 Å². The second kappa shape index (κ2) is 12.2. The van der Waals surface area contributed by atoms with Gasteiger partial charge in [0, 0.05) is 73.3 Å². The molecule has 3 aromatic heterocycles. The van der Waals surface area contributed by atoms with Gasteiger partial charge in [0.1, 0.15) is 5.75 Å². The molecule has 4 heterocycles. The summed E-state index contributed by atoms with van der Waals surface area (Å²) in [5.41, 5.74) is 7.81. The van der Waals surface area contributed by atoms with Gasteiger partial charge in [-0.15, -0.1) is 10.2 Å². The van der Waals surface area contributed by atoms with E-state index >= 15 is 0 Å². The average molecular weight is 605 g/mol. The van der Waals surface area contributed by atoms with Crippen LogP contribution in [0.4, 0.5) is 17.2 Å². The van der Waals surface area contributed by atoms with Crippen molar-refractivity contribution in [2.75, 3.05) is 37.9 Å². The van der Waals surface area contributed by atoms with Crippen molar-refractivity contribution in [3.05, 3.63) is 83.1 Å². The fourth-order valence-corrected chi connectivity index (χ4v) is 6.11. The SMILES string of the molecule is CNC(=O)c1nnc(NC(=O)C2CC2)cc1Nc1cccc(-c2ccc(C3CN(Cc4ccc5c(n4)CCC5)C3)nc2)c1OC. The lowest BCUT2D eigenvalue weighted by atomic mass is 9.94. The molecule has 0 bridgehead atoms. The van der Waals surface area contributed by atoms with Crippen molar-refractivity contribution in [2.45, 2.75) is 44.6 Å². The zero-order valence-electron chi connectivity index (χ0n) is 25.5. The Morgan fingerprint density at radius 1 is 1.02 bits per heavy atom. The fraction of sp³-hybridized carbons (Fsp3) is 0.353. The summed E-state index contributed by atoms with van der Waals surface area (Å²) in [4.78, 5) is 37.1. The lowest BCUT2D eigenvalue weighted by Crippen LogP contribution is -2.44. The number of nitrogens with one attached hydrogen (secondary N) is 3. The molecule has 3 aliphatic rings.